The Hall–Kier alpha value is -3.87. The molecule has 1 aromatic heterocycles. The third-order valence-electron chi connectivity index (χ3n) is 5.37. The molecule has 35 heavy (non-hydrogen) atoms. The summed E-state index contributed by atoms with van der Waals surface area (Å²) < 4.78 is 24.4. The second-order valence-electron chi connectivity index (χ2n) is 7.96. The smallest absolute Gasteiger partial charge is 0.409 e. The fourth-order valence-electron chi connectivity index (χ4n) is 3.91. The lowest BCUT2D eigenvalue weighted by Gasteiger charge is -2.17. The molecule has 9 heteroatoms. The van der Waals surface area contributed by atoms with Crippen molar-refractivity contribution in [1.29, 1.82) is 0 Å². The number of carbonyl (C=O) groups is 1. The van der Waals surface area contributed by atoms with Crippen LogP contribution in [0.1, 0.15) is 12.5 Å². The van der Waals surface area contributed by atoms with Gasteiger partial charge >= 0.3 is 6.09 Å². The van der Waals surface area contributed by atoms with Crippen LogP contribution in [0.3, 0.4) is 0 Å². The Balaban J connectivity index is 1.57. The molecule has 1 atom stereocenters. The predicted octanol–water partition coefficient (Wildman–Crippen LogP) is 6.74. The molecule has 4 rings (SSSR count). The molecular formula is C26H26N3O5P. The van der Waals surface area contributed by atoms with Crippen LogP contribution in [0.15, 0.2) is 72.9 Å². The zero-order chi connectivity index (χ0) is 25.0. The van der Waals surface area contributed by atoms with Gasteiger partial charge in [0.05, 0.1) is 12.3 Å². The van der Waals surface area contributed by atoms with Gasteiger partial charge in [-0.3, -0.25) is 9.88 Å². The van der Waals surface area contributed by atoms with Gasteiger partial charge in [-0.1, -0.05) is 24.3 Å². The van der Waals surface area contributed by atoms with Crippen molar-refractivity contribution in [2.24, 2.45) is 0 Å². The third-order valence-corrected chi connectivity index (χ3v) is 7.50. The Morgan fingerprint density at radius 3 is 2.54 bits per heavy atom. The van der Waals surface area contributed by atoms with Crippen molar-refractivity contribution in [1.82, 2.24) is 4.98 Å². The molecule has 0 aliphatic heterocycles. The largest absolute Gasteiger partial charge is 0.465 e. The lowest BCUT2D eigenvalue weighted by atomic mass is 10.1. The van der Waals surface area contributed by atoms with Crippen LogP contribution in [-0.4, -0.2) is 29.5 Å². The molecule has 0 radical (unpaired) electrons. The number of ether oxygens (including phenoxy) is 1. The SMILES string of the molecule is CCOP(C)(=O)c1ccc(Nc2cc(Oc3ccc(NC(=O)O)c4ccccc34)ccn2)cc1C. The highest BCUT2D eigenvalue weighted by atomic mass is 31.2. The summed E-state index contributed by atoms with van der Waals surface area (Å²) in [5, 5.41) is 17.0. The molecule has 1 heterocycles. The Kier molecular flexibility index (Phi) is 7.05. The van der Waals surface area contributed by atoms with Crippen molar-refractivity contribution in [3.63, 3.8) is 0 Å². The number of anilines is 3. The molecule has 4 aromatic rings. The van der Waals surface area contributed by atoms with Crippen LogP contribution in [0, 0.1) is 6.92 Å². The highest BCUT2D eigenvalue weighted by Gasteiger charge is 2.21. The van der Waals surface area contributed by atoms with E-state index in [0.29, 0.717) is 34.9 Å². The van der Waals surface area contributed by atoms with Gasteiger partial charge in [-0.05, 0) is 55.8 Å². The van der Waals surface area contributed by atoms with Crippen LogP contribution in [0.25, 0.3) is 10.8 Å². The molecule has 3 aromatic carbocycles. The number of aryl methyl sites for hydroxylation is 1. The highest BCUT2D eigenvalue weighted by molar-refractivity contribution is 7.66. The first kappa shape index (κ1) is 24.3. The average molecular weight is 491 g/mol. The maximum atomic E-state index is 12.8. The number of carboxylic acid groups (broad SMARTS) is 1. The van der Waals surface area contributed by atoms with Gasteiger partial charge in [-0.2, -0.15) is 0 Å². The Morgan fingerprint density at radius 1 is 1.06 bits per heavy atom. The Labute approximate surface area is 203 Å². The number of benzene rings is 3. The second-order valence-corrected chi connectivity index (χ2v) is 10.4. The number of fused-ring (bicyclic) bond motifs is 1. The molecule has 1 unspecified atom stereocenters. The third kappa shape index (κ3) is 5.62. The van der Waals surface area contributed by atoms with E-state index in [0.717, 1.165) is 22.0 Å². The molecule has 0 aliphatic rings. The van der Waals surface area contributed by atoms with Gasteiger partial charge in [0, 0.05) is 40.7 Å². The van der Waals surface area contributed by atoms with Crippen molar-refractivity contribution < 1.29 is 23.7 Å². The summed E-state index contributed by atoms with van der Waals surface area (Å²) in [6, 6.07) is 19.9. The molecule has 0 spiro atoms. The van der Waals surface area contributed by atoms with Crippen LogP contribution in [-0.2, 0) is 9.09 Å². The minimum atomic E-state index is -2.86. The zero-order valence-corrected chi connectivity index (χ0v) is 20.5. The highest BCUT2D eigenvalue weighted by Crippen LogP contribution is 2.42. The van der Waals surface area contributed by atoms with Crippen LogP contribution < -0.4 is 20.7 Å². The molecule has 3 N–H and O–H groups in total. The molecule has 0 saturated heterocycles. The quantitative estimate of drug-likeness (QED) is 0.234. The molecule has 0 bridgehead atoms. The number of hydrogen-bond acceptors (Lipinski definition) is 6. The second kappa shape index (κ2) is 10.2. The number of aromatic nitrogens is 1. The Bertz CT molecular complexity index is 1440. The van der Waals surface area contributed by atoms with Crippen LogP contribution in [0.2, 0.25) is 0 Å². The lowest BCUT2D eigenvalue weighted by molar-refractivity contribution is 0.210. The summed E-state index contributed by atoms with van der Waals surface area (Å²) in [7, 11) is -2.86. The van der Waals surface area contributed by atoms with E-state index in [1.54, 1.807) is 37.1 Å². The van der Waals surface area contributed by atoms with Gasteiger partial charge < -0.3 is 19.7 Å². The van der Waals surface area contributed by atoms with Crippen LogP contribution >= 0.6 is 7.37 Å². The predicted molar refractivity (Wildman–Crippen MR) is 139 cm³/mol. The summed E-state index contributed by atoms with van der Waals surface area (Å²) in [4.78, 5) is 15.5. The molecular weight excluding hydrogens is 465 g/mol. The van der Waals surface area contributed by atoms with Crippen LogP contribution in [0.4, 0.5) is 22.0 Å². The number of hydrogen-bond donors (Lipinski definition) is 3. The molecule has 8 nitrogen and oxygen atoms in total. The molecule has 0 fully saturated rings. The van der Waals surface area contributed by atoms with Gasteiger partial charge in [-0.25, -0.2) is 9.78 Å². The van der Waals surface area contributed by atoms with Gasteiger partial charge in [0.25, 0.3) is 0 Å². The maximum Gasteiger partial charge on any atom is 0.409 e. The number of rotatable bonds is 8. The van der Waals surface area contributed by atoms with Crippen molar-refractivity contribution in [2.45, 2.75) is 13.8 Å². The lowest BCUT2D eigenvalue weighted by Crippen LogP contribution is -2.11. The van der Waals surface area contributed by atoms with E-state index in [1.165, 1.54) is 0 Å². The topological polar surface area (TPSA) is 110 Å². The minimum absolute atomic E-state index is 0.387. The molecule has 1 amide bonds. The zero-order valence-electron chi connectivity index (χ0n) is 19.6. The van der Waals surface area contributed by atoms with Gasteiger partial charge in [0.1, 0.15) is 17.3 Å². The van der Waals surface area contributed by atoms with E-state index < -0.39 is 13.5 Å². The van der Waals surface area contributed by atoms with E-state index in [2.05, 4.69) is 15.6 Å². The summed E-state index contributed by atoms with van der Waals surface area (Å²) in [6.45, 7) is 5.74. The van der Waals surface area contributed by atoms with Crippen molar-refractivity contribution in [2.75, 3.05) is 23.9 Å². The fourth-order valence-corrected chi connectivity index (χ4v) is 5.59. The van der Waals surface area contributed by atoms with Gasteiger partial charge in [0.15, 0.2) is 0 Å². The molecule has 0 saturated carbocycles. The van der Waals surface area contributed by atoms with E-state index in [4.69, 9.17) is 14.4 Å². The first-order valence-corrected chi connectivity index (χ1v) is 13.1. The van der Waals surface area contributed by atoms with Crippen molar-refractivity contribution in [3.05, 3.63) is 78.5 Å². The summed E-state index contributed by atoms with van der Waals surface area (Å²) in [5.41, 5.74) is 2.14. The summed E-state index contributed by atoms with van der Waals surface area (Å²) >= 11 is 0. The molecule has 0 aliphatic carbocycles. The van der Waals surface area contributed by atoms with Crippen molar-refractivity contribution in [3.8, 4) is 11.5 Å². The van der Waals surface area contributed by atoms with E-state index in [-0.39, 0.29) is 0 Å². The van der Waals surface area contributed by atoms with E-state index >= 15 is 0 Å². The first-order valence-electron chi connectivity index (χ1n) is 11.0. The fraction of sp³-hybridized carbons (Fsp3) is 0.154. The van der Waals surface area contributed by atoms with E-state index in [1.807, 2.05) is 56.3 Å². The van der Waals surface area contributed by atoms with Crippen molar-refractivity contribution >= 4 is 46.7 Å². The summed E-state index contributed by atoms with van der Waals surface area (Å²) in [6.07, 6.45) is 0.508. The van der Waals surface area contributed by atoms with Crippen LogP contribution in [0.5, 0.6) is 11.5 Å². The normalized spacial score (nSPS) is 12.7. The van der Waals surface area contributed by atoms with Gasteiger partial charge in [0.2, 0.25) is 7.37 Å². The number of nitrogens with one attached hydrogen (secondary N) is 2. The number of pyridine rings is 1. The average Bonchev–Trinajstić information content (AvgIpc) is 2.80. The first-order chi connectivity index (χ1) is 16.8. The monoisotopic (exact) mass is 491 g/mol. The molecule has 180 valence electrons. The maximum absolute atomic E-state index is 12.8. The standard InChI is InChI=1S/C26H26N3O5P/c1-4-33-35(3,32)24-12-9-18(15-17(24)2)28-25-16-19(13-14-27-25)34-23-11-10-22(29-26(30)31)20-7-5-6-8-21(20)23/h5-16,29H,4H2,1-3H3,(H,27,28)(H,30,31). The number of amides is 1. The Morgan fingerprint density at radius 2 is 1.83 bits per heavy atom. The summed E-state index contributed by atoms with van der Waals surface area (Å²) in [5.74, 6) is 1.73. The number of nitrogens with zero attached hydrogens (tertiary/aromatic N) is 1. The van der Waals surface area contributed by atoms with E-state index in [9.17, 15) is 9.36 Å². The minimum Gasteiger partial charge on any atom is -0.465 e. The van der Waals surface area contributed by atoms with Gasteiger partial charge in [-0.15, -0.1) is 0 Å².